The molecular weight excluding hydrogens is 831 g/mol. The van der Waals surface area contributed by atoms with Crippen LogP contribution in [0.25, 0.3) is 0 Å². The third-order valence-electron chi connectivity index (χ3n) is 11.8. The fraction of sp³-hybridized carbons (Fsp3) is 0.609. The van der Waals surface area contributed by atoms with E-state index in [2.05, 4.69) is 153 Å². The van der Waals surface area contributed by atoms with Gasteiger partial charge in [-0.2, -0.15) is 0 Å². The van der Waals surface area contributed by atoms with E-state index >= 15 is 0 Å². The summed E-state index contributed by atoms with van der Waals surface area (Å²) in [6.07, 6.45) is 91.4. The summed E-state index contributed by atoms with van der Waals surface area (Å²) in [4.78, 5) is 12.5. The third kappa shape index (κ3) is 53.2. The fourth-order valence-corrected chi connectivity index (χ4v) is 7.55. The molecule has 0 spiro atoms. The van der Waals surface area contributed by atoms with Crippen LogP contribution in [-0.2, 0) is 4.79 Å². The predicted molar refractivity (Wildman–Crippen MR) is 303 cm³/mol. The van der Waals surface area contributed by atoms with Gasteiger partial charge < -0.3 is 15.5 Å². The number of amides is 1. The molecule has 2 unspecified atom stereocenters. The summed E-state index contributed by atoms with van der Waals surface area (Å²) >= 11 is 0. The van der Waals surface area contributed by atoms with E-state index in [-0.39, 0.29) is 12.5 Å². The highest BCUT2D eigenvalue weighted by molar-refractivity contribution is 5.76. The molecule has 0 bridgehead atoms. The Morgan fingerprint density at radius 1 is 0.368 bits per heavy atom. The van der Waals surface area contributed by atoms with Crippen molar-refractivity contribution in [2.45, 2.75) is 244 Å². The van der Waals surface area contributed by atoms with Crippen LogP contribution in [-0.4, -0.2) is 34.9 Å². The smallest absolute Gasteiger partial charge is 0.220 e. The van der Waals surface area contributed by atoms with E-state index in [1.807, 2.05) is 6.08 Å². The second-order valence-electron chi connectivity index (χ2n) is 18.2. The maximum Gasteiger partial charge on any atom is 0.220 e. The first-order valence-electron chi connectivity index (χ1n) is 28.0. The Morgan fingerprint density at radius 3 is 1.03 bits per heavy atom. The van der Waals surface area contributed by atoms with Crippen molar-refractivity contribution in [3.63, 3.8) is 0 Å². The van der Waals surface area contributed by atoms with Crippen LogP contribution in [0.15, 0.2) is 146 Å². The van der Waals surface area contributed by atoms with Crippen LogP contribution in [0.5, 0.6) is 0 Å². The standard InChI is InChI=1S/C64H105NO3/c1-3-5-7-9-11-13-15-17-19-21-23-24-25-26-27-28-29-30-31-32-33-34-35-36-37-38-39-40-42-44-46-48-50-52-54-56-58-60-64(68)65-62(61-66)63(67)59-57-55-53-51-49-47-45-43-41-22-20-18-16-14-12-10-8-6-4-2/h5,7,11,13,17,19,23-24,26-27,29-30,32-33,35-36,38-39,41,43,49,51,57,59,62-63,66-67H,3-4,6,8-10,12,14-16,18,20-22,25,28,31,34,37,40,42,44-48,50,52-56,58,60-61H2,1-2H3,(H,65,68)/b7-5-,13-11-,19-17-,24-23-,27-26-,30-29-,33-32-,36-35-,39-38-,43-41+,51-49+,59-57+. The van der Waals surface area contributed by atoms with E-state index in [0.717, 1.165) is 103 Å². The van der Waals surface area contributed by atoms with Crippen molar-refractivity contribution in [3.05, 3.63) is 146 Å². The Bertz CT molecular complexity index is 1430. The molecule has 0 aliphatic carbocycles. The highest BCUT2D eigenvalue weighted by Gasteiger charge is 2.17. The Hall–Kier alpha value is -3.73. The van der Waals surface area contributed by atoms with Gasteiger partial charge in [-0.1, -0.05) is 256 Å². The zero-order valence-electron chi connectivity index (χ0n) is 44.1. The van der Waals surface area contributed by atoms with Gasteiger partial charge in [0, 0.05) is 6.42 Å². The number of aliphatic hydroxyl groups excluding tert-OH is 2. The second-order valence-corrected chi connectivity index (χ2v) is 18.2. The molecule has 0 aromatic rings. The van der Waals surface area contributed by atoms with Crippen LogP contribution in [0.3, 0.4) is 0 Å². The van der Waals surface area contributed by atoms with Crippen LogP contribution >= 0.6 is 0 Å². The van der Waals surface area contributed by atoms with Crippen molar-refractivity contribution < 1.29 is 15.0 Å². The lowest BCUT2D eigenvalue weighted by Gasteiger charge is -2.19. The lowest BCUT2D eigenvalue weighted by Crippen LogP contribution is -2.45. The number of rotatable bonds is 49. The van der Waals surface area contributed by atoms with Gasteiger partial charge in [0.2, 0.25) is 5.91 Å². The number of nitrogens with one attached hydrogen (secondary N) is 1. The molecule has 0 saturated heterocycles. The average Bonchev–Trinajstić information content (AvgIpc) is 3.34. The number of hydrogen-bond acceptors (Lipinski definition) is 3. The number of unbranched alkanes of at least 4 members (excludes halogenated alkanes) is 20. The van der Waals surface area contributed by atoms with Gasteiger partial charge in [-0.15, -0.1) is 0 Å². The van der Waals surface area contributed by atoms with E-state index in [1.165, 1.54) is 109 Å². The van der Waals surface area contributed by atoms with Gasteiger partial charge in [0.1, 0.15) is 0 Å². The molecule has 0 aliphatic rings. The van der Waals surface area contributed by atoms with Crippen molar-refractivity contribution in [2.24, 2.45) is 0 Å². The highest BCUT2D eigenvalue weighted by atomic mass is 16.3. The van der Waals surface area contributed by atoms with Crippen LogP contribution in [0.2, 0.25) is 0 Å². The molecule has 0 aliphatic heterocycles. The molecule has 0 heterocycles. The Labute approximate surface area is 421 Å². The Morgan fingerprint density at radius 2 is 0.662 bits per heavy atom. The molecule has 0 aromatic heterocycles. The van der Waals surface area contributed by atoms with Gasteiger partial charge in [-0.3, -0.25) is 4.79 Å². The van der Waals surface area contributed by atoms with Gasteiger partial charge in [0.05, 0.1) is 18.8 Å². The second kappa shape index (κ2) is 57.6. The van der Waals surface area contributed by atoms with Crippen LogP contribution in [0.1, 0.15) is 232 Å². The van der Waals surface area contributed by atoms with Crippen molar-refractivity contribution in [3.8, 4) is 0 Å². The molecule has 3 N–H and O–H groups in total. The average molecular weight is 937 g/mol. The normalized spacial score (nSPS) is 14.0. The zero-order chi connectivity index (χ0) is 49.2. The quantitative estimate of drug-likeness (QED) is 0.0420. The van der Waals surface area contributed by atoms with Gasteiger partial charge >= 0.3 is 0 Å². The summed E-state index contributed by atoms with van der Waals surface area (Å²) in [5.74, 6) is -0.0905. The predicted octanol–water partition coefficient (Wildman–Crippen LogP) is 18.8. The van der Waals surface area contributed by atoms with Gasteiger partial charge in [-0.25, -0.2) is 0 Å². The minimum Gasteiger partial charge on any atom is -0.394 e. The zero-order valence-corrected chi connectivity index (χ0v) is 44.1. The number of hydrogen-bond donors (Lipinski definition) is 3. The molecule has 4 heteroatoms. The summed E-state index contributed by atoms with van der Waals surface area (Å²) in [6.45, 7) is 4.17. The molecule has 0 radical (unpaired) electrons. The van der Waals surface area contributed by atoms with E-state index in [0.29, 0.717) is 6.42 Å². The molecule has 0 rings (SSSR count). The van der Waals surface area contributed by atoms with Crippen LogP contribution < -0.4 is 5.32 Å². The monoisotopic (exact) mass is 936 g/mol. The first-order valence-corrected chi connectivity index (χ1v) is 28.0. The molecule has 0 aromatic carbocycles. The summed E-state index contributed by atoms with van der Waals surface area (Å²) in [5.41, 5.74) is 0. The summed E-state index contributed by atoms with van der Waals surface area (Å²) in [7, 11) is 0. The lowest BCUT2D eigenvalue weighted by atomic mass is 10.1. The molecule has 384 valence electrons. The maximum absolute atomic E-state index is 12.5. The van der Waals surface area contributed by atoms with Crippen molar-refractivity contribution in [1.29, 1.82) is 0 Å². The minimum atomic E-state index is -0.883. The largest absolute Gasteiger partial charge is 0.394 e. The molecule has 4 nitrogen and oxygen atoms in total. The van der Waals surface area contributed by atoms with Crippen LogP contribution in [0, 0.1) is 0 Å². The first kappa shape index (κ1) is 64.3. The summed E-state index contributed by atoms with van der Waals surface area (Å²) in [5, 5.41) is 23.1. The van der Waals surface area contributed by atoms with E-state index in [9.17, 15) is 15.0 Å². The SMILES string of the molecule is CC/C=C\C/C=C\C/C=C\C/C=C\C/C=C\C/C=C\C/C=C\C/C=C\C/C=C\CCCCCCCCCCCC(=O)NC(CO)C(O)/C=C/CC/C=C/CC/C=C/CCCCCCCCCCC. The lowest BCUT2D eigenvalue weighted by molar-refractivity contribution is -0.123. The Kier molecular flexibility index (Phi) is 54.4. The summed E-state index contributed by atoms with van der Waals surface area (Å²) in [6, 6.07) is -0.660. The minimum absolute atomic E-state index is 0.0905. The maximum atomic E-state index is 12.5. The molecule has 0 fully saturated rings. The van der Waals surface area contributed by atoms with Gasteiger partial charge in [0.15, 0.2) is 0 Å². The van der Waals surface area contributed by atoms with Crippen LogP contribution in [0.4, 0.5) is 0 Å². The summed E-state index contributed by atoms with van der Waals surface area (Å²) < 4.78 is 0. The number of aliphatic hydroxyl groups is 2. The molecule has 1 amide bonds. The van der Waals surface area contributed by atoms with E-state index < -0.39 is 12.1 Å². The number of carbonyl (C=O) groups is 1. The van der Waals surface area contributed by atoms with Crippen molar-refractivity contribution in [2.75, 3.05) is 6.61 Å². The highest BCUT2D eigenvalue weighted by Crippen LogP contribution is 2.13. The fourth-order valence-electron chi connectivity index (χ4n) is 7.55. The third-order valence-corrected chi connectivity index (χ3v) is 11.8. The number of allylic oxidation sites excluding steroid dienone is 23. The molecular formula is C64H105NO3. The van der Waals surface area contributed by atoms with E-state index in [1.54, 1.807) is 6.08 Å². The van der Waals surface area contributed by atoms with Gasteiger partial charge in [-0.05, 0) is 116 Å². The Balaban J connectivity index is 3.67. The molecule has 2 atom stereocenters. The van der Waals surface area contributed by atoms with Gasteiger partial charge in [0.25, 0.3) is 0 Å². The van der Waals surface area contributed by atoms with Crippen molar-refractivity contribution >= 4 is 5.91 Å². The molecule has 68 heavy (non-hydrogen) atoms. The molecule has 0 saturated carbocycles. The first-order chi connectivity index (χ1) is 33.7. The van der Waals surface area contributed by atoms with E-state index in [4.69, 9.17) is 0 Å². The van der Waals surface area contributed by atoms with Crippen molar-refractivity contribution in [1.82, 2.24) is 5.32 Å². The topological polar surface area (TPSA) is 69.6 Å². The number of carbonyl (C=O) groups excluding carboxylic acids is 1.